The molecular weight excluding hydrogens is 212 g/mol. The van der Waals surface area contributed by atoms with E-state index in [1.54, 1.807) is 0 Å². The molecule has 0 aliphatic heterocycles. The molecule has 0 aromatic rings. The summed E-state index contributed by atoms with van der Waals surface area (Å²) in [5, 5.41) is 0. The smallest absolute Gasteiger partial charge is 0.0640 e. The van der Waals surface area contributed by atoms with Crippen LogP contribution >= 0.6 is 0 Å². The molecule has 0 heterocycles. The molecule has 1 atom stereocenters. The van der Waals surface area contributed by atoms with Crippen molar-refractivity contribution in [3.8, 4) is 0 Å². The maximum Gasteiger partial charge on any atom is 0.0640 e. The average molecular weight is 244 g/mol. The van der Waals surface area contributed by atoms with E-state index in [2.05, 4.69) is 33.1 Å². The molecule has 0 amide bonds. The van der Waals surface area contributed by atoms with Crippen LogP contribution in [0.1, 0.15) is 72.6 Å². The summed E-state index contributed by atoms with van der Waals surface area (Å²) in [6, 6.07) is 0.292. The molecule has 0 aromatic carbocycles. The molecule has 0 saturated heterocycles. The van der Waals surface area contributed by atoms with Crippen LogP contribution in [0.25, 0.3) is 0 Å². The number of unbranched alkanes of at least 4 members (excludes halogenated alkanes) is 5. The van der Waals surface area contributed by atoms with Crippen LogP contribution in [0.15, 0.2) is 0 Å². The Balaban J connectivity index is 3.48. The summed E-state index contributed by atoms with van der Waals surface area (Å²) >= 11 is 0. The summed E-state index contributed by atoms with van der Waals surface area (Å²) in [6.45, 7) is 9.18. The Labute approximate surface area is 107 Å². The normalized spacial score (nSPS) is 13.9. The van der Waals surface area contributed by atoms with Crippen molar-refractivity contribution >= 4 is 0 Å². The van der Waals surface area contributed by atoms with Gasteiger partial charge in [0.15, 0.2) is 0 Å². The third-order valence-corrected chi connectivity index (χ3v) is 2.86. The molecule has 3 N–H and O–H groups in total. The SMILES string of the molecule is CCCCCCCCC(COC(C)(C)C)NN. The van der Waals surface area contributed by atoms with Gasteiger partial charge in [0.05, 0.1) is 12.2 Å². The van der Waals surface area contributed by atoms with Gasteiger partial charge in [-0.1, -0.05) is 45.4 Å². The molecule has 0 spiro atoms. The summed E-state index contributed by atoms with van der Waals surface area (Å²) in [4.78, 5) is 0. The van der Waals surface area contributed by atoms with E-state index in [-0.39, 0.29) is 5.60 Å². The van der Waals surface area contributed by atoms with Crippen LogP contribution in [0.3, 0.4) is 0 Å². The number of nitrogens with one attached hydrogen (secondary N) is 1. The van der Waals surface area contributed by atoms with Crippen LogP contribution in [-0.2, 0) is 4.74 Å². The molecule has 3 nitrogen and oxygen atoms in total. The van der Waals surface area contributed by atoms with Crippen molar-refractivity contribution in [2.24, 2.45) is 5.84 Å². The Kier molecular flexibility index (Phi) is 9.79. The van der Waals surface area contributed by atoms with E-state index in [4.69, 9.17) is 10.6 Å². The first-order chi connectivity index (χ1) is 7.99. The summed E-state index contributed by atoms with van der Waals surface area (Å²) in [5.74, 6) is 5.53. The highest BCUT2D eigenvalue weighted by molar-refractivity contribution is 4.66. The van der Waals surface area contributed by atoms with Crippen molar-refractivity contribution in [3.63, 3.8) is 0 Å². The zero-order chi connectivity index (χ0) is 13.1. The van der Waals surface area contributed by atoms with Gasteiger partial charge >= 0.3 is 0 Å². The van der Waals surface area contributed by atoms with E-state index in [1.165, 1.54) is 38.5 Å². The Bertz CT molecular complexity index is 166. The standard InChI is InChI=1S/C14H32N2O/c1-5-6-7-8-9-10-11-13(16-15)12-17-14(2,3)4/h13,16H,5-12,15H2,1-4H3. The van der Waals surface area contributed by atoms with Crippen LogP contribution in [0.5, 0.6) is 0 Å². The minimum atomic E-state index is -0.0732. The molecule has 0 saturated carbocycles. The number of hydrogen-bond acceptors (Lipinski definition) is 3. The minimum Gasteiger partial charge on any atom is -0.374 e. The van der Waals surface area contributed by atoms with Gasteiger partial charge in [0.1, 0.15) is 0 Å². The maximum atomic E-state index is 5.74. The predicted molar refractivity (Wildman–Crippen MR) is 74.8 cm³/mol. The lowest BCUT2D eigenvalue weighted by molar-refractivity contribution is -0.0156. The lowest BCUT2D eigenvalue weighted by atomic mass is 10.1. The maximum absolute atomic E-state index is 5.74. The van der Waals surface area contributed by atoms with Gasteiger partial charge in [0.25, 0.3) is 0 Å². The van der Waals surface area contributed by atoms with Crippen LogP contribution in [-0.4, -0.2) is 18.2 Å². The molecule has 0 fully saturated rings. The van der Waals surface area contributed by atoms with E-state index in [1.807, 2.05) is 0 Å². The Morgan fingerprint density at radius 3 is 2.18 bits per heavy atom. The van der Waals surface area contributed by atoms with E-state index < -0.39 is 0 Å². The second-order valence-electron chi connectivity index (χ2n) is 5.84. The molecule has 3 heteroatoms. The summed E-state index contributed by atoms with van der Waals surface area (Å²) in [5.41, 5.74) is 2.78. The highest BCUT2D eigenvalue weighted by Gasteiger charge is 2.14. The Morgan fingerprint density at radius 2 is 1.65 bits per heavy atom. The predicted octanol–water partition coefficient (Wildman–Crippen LogP) is 3.38. The van der Waals surface area contributed by atoms with E-state index in [0.717, 1.165) is 6.42 Å². The van der Waals surface area contributed by atoms with Gasteiger partial charge in [-0.2, -0.15) is 0 Å². The van der Waals surface area contributed by atoms with E-state index >= 15 is 0 Å². The first-order valence-corrected chi connectivity index (χ1v) is 7.09. The molecule has 104 valence electrons. The van der Waals surface area contributed by atoms with Crippen molar-refractivity contribution in [1.29, 1.82) is 0 Å². The molecule has 0 bridgehead atoms. The van der Waals surface area contributed by atoms with Gasteiger partial charge in [-0.25, -0.2) is 0 Å². The van der Waals surface area contributed by atoms with Crippen LogP contribution in [0.2, 0.25) is 0 Å². The summed E-state index contributed by atoms with van der Waals surface area (Å²) in [7, 11) is 0. The largest absolute Gasteiger partial charge is 0.374 e. The fourth-order valence-electron chi connectivity index (χ4n) is 1.74. The average Bonchev–Trinajstić information content (AvgIpc) is 2.26. The number of rotatable bonds is 10. The second kappa shape index (κ2) is 9.86. The molecule has 0 rings (SSSR count). The van der Waals surface area contributed by atoms with Crippen molar-refractivity contribution in [2.45, 2.75) is 84.3 Å². The zero-order valence-corrected chi connectivity index (χ0v) is 12.2. The van der Waals surface area contributed by atoms with Crippen molar-refractivity contribution in [2.75, 3.05) is 6.61 Å². The Morgan fingerprint density at radius 1 is 1.06 bits per heavy atom. The number of nitrogens with two attached hydrogens (primary N) is 1. The lowest BCUT2D eigenvalue weighted by Crippen LogP contribution is -2.40. The first kappa shape index (κ1) is 16.9. The minimum absolute atomic E-state index is 0.0732. The highest BCUT2D eigenvalue weighted by atomic mass is 16.5. The quantitative estimate of drug-likeness (QED) is 0.352. The fraction of sp³-hybridized carbons (Fsp3) is 1.00. The van der Waals surface area contributed by atoms with Crippen molar-refractivity contribution in [1.82, 2.24) is 5.43 Å². The molecule has 0 radical (unpaired) electrons. The summed E-state index contributed by atoms with van der Waals surface area (Å²) < 4.78 is 5.74. The van der Waals surface area contributed by atoms with Gasteiger partial charge in [-0.3, -0.25) is 11.3 Å². The third-order valence-electron chi connectivity index (χ3n) is 2.86. The molecule has 1 unspecified atom stereocenters. The lowest BCUT2D eigenvalue weighted by Gasteiger charge is -2.24. The Hall–Kier alpha value is -0.120. The van der Waals surface area contributed by atoms with Crippen LogP contribution < -0.4 is 11.3 Å². The van der Waals surface area contributed by atoms with E-state index in [9.17, 15) is 0 Å². The monoisotopic (exact) mass is 244 g/mol. The fourth-order valence-corrected chi connectivity index (χ4v) is 1.74. The van der Waals surface area contributed by atoms with Crippen molar-refractivity contribution in [3.05, 3.63) is 0 Å². The van der Waals surface area contributed by atoms with Crippen LogP contribution in [0.4, 0.5) is 0 Å². The third kappa shape index (κ3) is 12.1. The highest BCUT2D eigenvalue weighted by Crippen LogP contribution is 2.11. The molecule has 0 aromatic heterocycles. The van der Waals surface area contributed by atoms with Gasteiger partial charge in [-0.05, 0) is 27.2 Å². The summed E-state index contributed by atoms with van der Waals surface area (Å²) in [6.07, 6.45) is 9.07. The zero-order valence-electron chi connectivity index (χ0n) is 12.2. The van der Waals surface area contributed by atoms with Gasteiger partial charge < -0.3 is 4.74 Å². The van der Waals surface area contributed by atoms with Gasteiger partial charge in [-0.15, -0.1) is 0 Å². The van der Waals surface area contributed by atoms with Gasteiger partial charge in [0.2, 0.25) is 0 Å². The van der Waals surface area contributed by atoms with Crippen LogP contribution in [0, 0.1) is 0 Å². The molecule has 17 heavy (non-hydrogen) atoms. The van der Waals surface area contributed by atoms with E-state index in [0.29, 0.717) is 12.6 Å². The number of ether oxygens (including phenoxy) is 1. The molecule has 0 aliphatic rings. The first-order valence-electron chi connectivity index (χ1n) is 7.09. The molecule has 0 aliphatic carbocycles. The number of hydrazine groups is 1. The molecular formula is C14H32N2O. The number of hydrogen-bond donors (Lipinski definition) is 2. The van der Waals surface area contributed by atoms with Gasteiger partial charge in [0, 0.05) is 6.04 Å². The topological polar surface area (TPSA) is 47.3 Å². The van der Waals surface area contributed by atoms with Crippen molar-refractivity contribution < 1.29 is 4.74 Å². The second-order valence-corrected chi connectivity index (χ2v) is 5.84.